The zero-order valence-electron chi connectivity index (χ0n) is 9.71. The maximum atomic E-state index is 11.8. The number of anilines is 1. The van der Waals surface area contributed by atoms with Gasteiger partial charge in [0.1, 0.15) is 5.75 Å². The van der Waals surface area contributed by atoms with E-state index in [1.807, 2.05) is 19.9 Å². The van der Waals surface area contributed by atoms with Crippen LogP contribution in [0.15, 0.2) is 12.1 Å². The van der Waals surface area contributed by atoms with Crippen LogP contribution < -0.4 is 5.32 Å². The van der Waals surface area contributed by atoms with E-state index in [-0.39, 0.29) is 17.6 Å². The van der Waals surface area contributed by atoms with Crippen LogP contribution >= 0.6 is 0 Å². The molecule has 3 nitrogen and oxygen atoms in total. The number of aryl methyl sites for hydroxylation is 2. The van der Waals surface area contributed by atoms with Crippen LogP contribution in [0.2, 0.25) is 0 Å². The predicted octanol–water partition coefficient (Wildman–Crippen LogP) is 2.75. The number of benzene rings is 1. The molecule has 16 heavy (non-hydrogen) atoms. The van der Waals surface area contributed by atoms with Crippen LogP contribution in [-0.2, 0) is 4.79 Å². The number of carbonyl (C=O) groups is 1. The molecule has 1 aliphatic carbocycles. The van der Waals surface area contributed by atoms with E-state index in [4.69, 9.17) is 0 Å². The van der Waals surface area contributed by atoms with Gasteiger partial charge >= 0.3 is 0 Å². The number of carbonyl (C=O) groups excluding carboxylic acids is 1. The molecular formula is C13H17NO2. The Morgan fingerprint density at radius 2 is 2.00 bits per heavy atom. The smallest absolute Gasteiger partial charge is 0.227 e. The Hall–Kier alpha value is -1.51. The van der Waals surface area contributed by atoms with Crippen LogP contribution in [0.1, 0.15) is 30.4 Å². The Kier molecular flexibility index (Phi) is 2.86. The van der Waals surface area contributed by atoms with Crippen molar-refractivity contribution in [2.75, 3.05) is 5.32 Å². The molecule has 0 aliphatic heterocycles. The van der Waals surface area contributed by atoms with Crippen LogP contribution in [0.25, 0.3) is 0 Å². The first kappa shape index (κ1) is 11.0. The molecule has 1 fully saturated rings. The minimum absolute atomic E-state index is 0.111. The van der Waals surface area contributed by atoms with E-state index < -0.39 is 0 Å². The Morgan fingerprint density at radius 1 is 1.31 bits per heavy atom. The van der Waals surface area contributed by atoms with Gasteiger partial charge < -0.3 is 10.4 Å². The fourth-order valence-electron chi connectivity index (χ4n) is 1.84. The molecule has 1 aliphatic rings. The summed E-state index contributed by atoms with van der Waals surface area (Å²) in [5.41, 5.74) is 2.50. The van der Waals surface area contributed by atoms with Crippen molar-refractivity contribution in [2.24, 2.45) is 5.92 Å². The predicted molar refractivity (Wildman–Crippen MR) is 63.6 cm³/mol. The molecule has 0 atom stereocenters. The Balaban J connectivity index is 2.14. The highest BCUT2D eigenvalue weighted by Crippen LogP contribution is 2.29. The molecule has 0 spiro atoms. The molecule has 0 aromatic heterocycles. The van der Waals surface area contributed by atoms with Crippen LogP contribution in [0, 0.1) is 19.8 Å². The lowest BCUT2D eigenvalue weighted by molar-refractivity contribution is -0.122. The summed E-state index contributed by atoms with van der Waals surface area (Å²) in [6.45, 7) is 3.71. The summed E-state index contributed by atoms with van der Waals surface area (Å²) in [6.07, 6.45) is 3.16. The molecule has 1 amide bonds. The number of hydrogen-bond acceptors (Lipinski definition) is 2. The summed E-state index contributed by atoms with van der Waals surface area (Å²) in [5, 5.41) is 12.4. The number of nitrogens with one attached hydrogen (secondary N) is 1. The molecule has 2 rings (SSSR count). The SMILES string of the molecule is Cc1cc(NC(=O)C2CCC2)c(C)cc1O. The van der Waals surface area contributed by atoms with Crippen molar-refractivity contribution in [2.45, 2.75) is 33.1 Å². The summed E-state index contributed by atoms with van der Waals surface area (Å²) >= 11 is 0. The summed E-state index contributed by atoms with van der Waals surface area (Å²) in [5.74, 6) is 0.576. The van der Waals surface area contributed by atoms with Crippen LogP contribution in [0.4, 0.5) is 5.69 Å². The minimum Gasteiger partial charge on any atom is -0.508 e. The van der Waals surface area contributed by atoms with E-state index in [0.29, 0.717) is 0 Å². The first-order valence-electron chi connectivity index (χ1n) is 5.69. The topological polar surface area (TPSA) is 49.3 Å². The molecule has 1 aromatic carbocycles. The monoisotopic (exact) mass is 219 g/mol. The van der Waals surface area contributed by atoms with E-state index in [9.17, 15) is 9.90 Å². The van der Waals surface area contributed by atoms with Gasteiger partial charge in [0.25, 0.3) is 0 Å². The van der Waals surface area contributed by atoms with Gasteiger partial charge in [0.05, 0.1) is 0 Å². The van der Waals surface area contributed by atoms with Crippen LogP contribution in [-0.4, -0.2) is 11.0 Å². The molecule has 0 bridgehead atoms. The van der Waals surface area contributed by atoms with Gasteiger partial charge in [0, 0.05) is 11.6 Å². The van der Waals surface area contributed by atoms with Crippen molar-refractivity contribution in [1.29, 1.82) is 0 Å². The Labute approximate surface area is 95.5 Å². The normalized spacial score (nSPS) is 15.6. The molecule has 86 valence electrons. The fourth-order valence-corrected chi connectivity index (χ4v) is 1.84. The van der Waals surface area contributed by atoms with Gasteiger partial charge in [-0.05, 0) is 49.9 Å². The molecule has 0 saturated heterocycles. The van der Waals surface area contributed by atoms with E-state index in [0.717, 1.165) is 36.1 Å². The van der Waals surface area contributed by atoms with Gasteiger partial charge in [-0.15, -0.1) is 0 Å². The summed E-state index contributed by atoms with van der Waals surface area (Å²) in [6, 6.07) is 3.51. The van der Waals surface area contributed by atoms with Crippen LogP contribution in [0.3, 0.4) is 0 Å². The highest BCUT2D eigenvalue weighted by molar-refractivity contribution is 5.93. The van der Waals surface area contributed by atoms with Crippen molar-refractivity contribution in [3.05, 3.63) is 23.3 Å². The minimum atomic E-state index is 0.111. The van der Waals surface area contributed by atoms with E-state index in [1.54, 1.807) is 6.07 Å². The van der Waals surface area contributed by atoms with E-state index in [2.05, 4.69) is 5.32 Å². The number of hydrogen-bond donors (Lipinski definition) is 2. The largest absolute Gasteiger partial charge is 0.508 e. The molecule has 2 N–H and O–H groups in total. The number of phenolic OH excluding ortho intramolecular Hbond substituents is 1. The molecule has 1 saturated carbocycles. The number of aromatic hydroxyl groups is 1. The van der Waals surface area contributed by atoms with Gasteiger partial charge in [-0.25, -0.2) is 0 Å². The zero-order valence-corrected chi connectivity index (χ0v) is 9.71. The number of rotatable bonds is 2. The van der Waals surface area contributed by atoms with Gasteiger partial charge in [-0.2, -0.15) is 0 Å². The number of phenols is 1. The highest BCUT2D eigenvalue weighted by atomic mass is 16.3. The second-order valence-corrected chi connectivity index (χ2v) is 4.57. The van der Waals surface area contributed by atoms with Gasteiger partial charge in [-0.3, -0.25) is 4.79 Å². The summed E-state index contributed by atoms with van der Waals surface area (Å²) in [4.78, 5) is 11.8. The molecule has 1 aromatic rings. The summed E-state index contributed by atoms with van der Waals surface area (Å²) in [7, 11) is 0. The third-order valence-electron chi connectivity index (χ3n) is 3.28. The van der Waals surface area contributed by atoms with Crippen LogP contribution in [0.5, 0.6) is 5.75 Å². The van der Waals surface area contributed by atoms with E-state index in [1.165, 1.54) is 0 Å². The maximum absolute atomic E-state index is 11.8. The average Bonchev–Trinajstić information content (AvgIpc) is 2.11. The quantitative estimate of drug-likeness (QED) is 0.751. The standard InChI is InChI=1S/C13H17NO2/c1-8-7-12(15)9(2)6-11(8)14-13(16)10-4-3-5-10/h6-7,10,15H,3-5H2,1-2H3,(H,14,16). The number of amides is 1. The van der Waals surface area contributed by atoms with Crippen molar-refractivity contribution in [1.82, 2.24) is 0 Å². The lowest BCUT2D eigenvalue weighted by Gasteiger charge is -2.24. The maximum Gasteiger partial charge on any atom is 0.227 e. The Morgan fingerprint density at radius 3 is 2.56 bits per heavy atom. The molecule has 0 heterocycles. The van der Waals surface area contributed by atoms with Crippen molar-refractivity contribution < 1.29 is 9.90 Å². The van der Waals surface area contributed by atoms with Crippen molar-refractivity contribution >= 4 is 11.6 Å². The zero-order chi connectivity index (χ0) is 11.7. The van der Waals surface area contributed by atoms with Gasteiger partial charge in [0.2, 0.25) is 5.91 Å². The van der Waals surface area contributed by atoms with Crippen molar-refractivity contribution in [3.8, 4) is 5.75 Å². The first-order chi connectivity index (χ1) is 7.58. The first-order valence-corrected chi connectivity index (χ1v) is 5.69. The fraction of sp³-hybridized carbons (Fsp3) is 0.462. The summed E-state index contributed by atoms with van der Waals surface area (Å²) < 4.78 is 0. The van der Waals surface area contributed by atoms with E-state index >= 15 is 0 Å². The highest BCUT2D eigenvalue weighted by Gasteiger charge is 2.25. The third kappa shape index (κ3) is 2.03. The van der Waals surface area contributed by atoms with Crippen molar-refractivity contribution in [3.63, 3.8) is 0 Å². The second-order valence-electron chi connectivity index (χ2n) is 4.57. The second kappa shape index (κ2) is 4.16. The lowest BCUT2D eigenvalue weighted by Crippen LogP contribution is -2.28. The lowest BCUT2D eigenvalue weighted by atomic mass is 9.85. The Bertz CT molecular complexity index is 422. The van der Waals surface area contributed by atoms with Gasteiger partial charge in [-0.1, -0.05) is 6.42 Å². The van der Waals surface area contributed by atoms with Gasteiger partial charge in [0.15, 0.2) is 0 Å². The molecule has 0 unspecified atom stereocenters. The average molecular weight is 219 g/mol. The molecule has 3 heteroatoms. The molecular weight excluding hydrogens is 202 g/mol. The third-order valence-corrected chi connectivity index (χ3v) is 3.28. The molecule has 0 radical (unpaired) electrons.